The lowest BCUT2D eigenvalue weighted by molar-refractivity contribution is 0.688. The van der Waals surface area contributed by atoms with E-state index in [4.69, 9.17) is 5.73 Å². The molecule has 0 radical (unpaired) electrons. The lowest BCUT2D eigenvalue weighted by atomic mass is 10.0. The minimum Gasteiger partial charge on any atom is -0.399 e. The van der Waals surface area contributed by atoms with Crippen LogP contribution in [0.5, 0.6) is 0 Å². The van der Waals surface area contributed by atoms with Gasteiger partial charge in [-0.3, -0.25) is 4.99 Å². The van der Waals surface area contributed by atoms with Gasteiger partial charge in [-0.25, -0.2) is 0 Å². The molecule has 1 aliphatic heterocycles. The number of hydrogen-bond donors (Lipinski definition) is 1. The molecule has 2 bridgehead atoms. The van der Waals surface area contributed by atoms with Crippen molar-refractivity contribution < 1.29 is 0 Å². The summed E-state index contributed by atoms with van der Waals surface area (Å²) in [7, 11) is 0. The first-order chi connectivity index (χ1) is 8.15. The maximum absolute atomic E-state index is 5.93. The van der Waals surface area contributed by atoms with E-state index >= 15 is 0 Å². The van der Waals surface area contributed by atoms with Gasteiger partial charge in [0.05, 0.1) is 0 Å². The van der Waals surface area contributed by atoms with E-state index in [1.165, 1.54) is 11.3 Å². The van der Waals surface area contributed by atoms with E-state index in [0.717, 1.165) is 18.5 Å². The van der Waals surface area contributed by atoms with Crippen LogP contribution in [0.3, 0.4) is 0 Å². The molecule has 0 fully saturated rings. The molecule has 0 aromatic carbocycles. The van der Waals surface area contributed by atoms with Crippen LogP contribution in [0.1, 0.15) is 26.7 Å². The van der Waals surface area contributed by atoms with Crippen LogP contribution in [0.4, 0.5) is 0 Å². The summed E-state index contributed by atoms with van der Waals surface area (Å²) >= 11 is 0. The van der Waals surface area contributed by atoms with Crippen molar-refractivity contribution in [3.05, 3.63) is 47.3 Å². The second-order valence-corrected chi connectivity index (χ2v) is 4.89. The molecule has 0 spiro atoms. The van der Waals surface area contributed by atoms with Crippen molar-refractivity contribution in [2.45, 2.75) is 26.7 Å². The molecule has 0 aromatic heterocycles. The third-order valence-corrected chi connectivity index (χ3v) is 3.19. The third-order valence-electron chi connectivity index (χ3n) is 3.19. The first-order valence-corrected chi connectivity index (χ1v) is 6.24. The molecular formula is C15H20N2. The quantitative estimate of drug-likeness (QED) is 0.678. The van der Waals surface area contributed by atoms with Crippen LogP contribution in [-0.4, -0.2) is 6.21 Å². The molecule has 0 saturated heterocycles. The fourth-order valence-electron chi connectivity index (χ4n) is 2.08. The summed E-state index contributed by atoms with van der Waals surface area (Å²) in [6, 6.07) is 0. The summed E-state index contributed by atoms with van der Waals surface area (Å²) < 4.78 is 0. The minimum atomic E-state index is 0.278. The number of nitrogens with zero attached hydrogens (tertiary/aromatic N) is 1. The molecule has 2 aliphatic rings. The number of hydrogen-bond acceptors (Lipinski definition) is 2. The Morgan fingerprint density at radius 1 is 1.24 bits per heavy atom. The Hall–Kier alpha value is -1.57. The number of nitrogens with two attached hydrogens (primary N) is 1. The molecule has 2 heteroatoms. The molecule has 1 heterocycles. The lowest BCUT2D eigenvalue weighted by Gasteiger charge is -2.09. The van der Waals surface area contributed by atoms with Crippen LogP contribution in [0, 0.1) is 11.8 Å². The molecule has 0 amide bonds. The fourth-order valence-corrected chi connectivity index (χ4v) is 2.08. The normalized spacial score (nSPS) is 35.8. The maximum Gasteiger partial charge on any atom is 0.0394 e. The second kappa shape index (κ2) is 5.17. The number of allylic oxidation sites excluding steroid dienone is 7. The Balaban J connectivity index is 2.38. The summed E-state index contributed by atoms with van der Waals surface area (Å²) in [4.78, 5) is 4.61. The molecule has 90 valence electrons. The second-order valence-electron chi connectivity index (χ2n) is 4.89. The first-order valence-electron chi connectivity index (χ1n) is 6.24. The van der Waals surface area contributed by atoms with Crippen molar-refractivity contribution in [1.29, 1.82) is 0 Å². The average molecular weight is 228 g/mol. The highest BCUT2D eigenvalue weighted by Gasteiger charge is 2.11. The minimum absolute atomic E-state index is 0.278. The van der Waals surface area contributed by atoms with E-state index in [1.807, 2.05) is 18.4 Å². The lowest BCUT2D eigenvalue weighted by Crippen LogP contribution is -2.01. The predicted octanol–water partition coefficient (Wildman–Crippen LogP) is 3.35. The van der Waals surface area contributed by atoms with Gasteiger partial charge in [0.25, 0.3) is 0 Å². The zero-order valence-electron chi connectivity index (χ0n) is 10.6. The molecule has 2 nitrogen and oxygen atoms in total. The highest BCUT2D eigenvalue weighted by Crippen LogP contribution is 2.25. The zero-order valence-corrected chi connectivity index (χ0v) is 10.6. The highest BCUT2D eigenvalue weighted by atomic mass is 14.7. The van der Waals surface area contributed by atoms with Gasteiger partial charge in [0.1, 0.15) is 0 Å². The number of fused-ring (bicyclic) bond motifs is 2. The molecular weight excluding hydrogens is 208 g/mol. The molecule has 2 N–H and O–H groups in total. The Labute approximate surface area is 103 Å². The number of rotatable bonds is 0. The van der Waals surface area contributed by atoms with E-state index < -0.39 is 0 Å². The van der Waals surface area contributed by atoms with Gasteiger partial charge < -0.3 is 5.73 Å². The van der Waals surface area contributed by atoms with Gasteiger partial charge in [0, 0.05) is 29.4 Å². The average Bonchev–Trinajstić information content (AvgIpc) is 2.47. The summed E-state index contributed by atoms with van der Waals surface area (Å²) in [5.41, 5.74) is 9.27. The van der Waals surface area contributed by atoms with E-state index in [1.54, 1.807) is 0 Å². The Morgan fingerprint density at radius 2 is 2.06 bits per heavy atom. The largest absolute Gasteiger partial charge is 0.399 e. The van der Waals surface area contributed by atoms with Crippen LogP contribution < -0.4 is 5.73 Å². The first kappa shape index (κ1) is 11.9. The summed E-state index contributed by atoms with van der Waals surface area (Å²) in [6.45, 7) is 4.33. The summed E-state index contributed by atoms with van der Waals surface area (Å²) in [6.07, 6.45) is 14.7. The van der Waals surface area contributed by atoms with E-state index in [0.29, 0.717) is 5.92 Å². The fraction of sp³-hybridized carbons (Fsp3) is 0.400. The van der Waals surface area contributed by atoms with Gasteiger partial charge >= 0.3 is 0 Å². The molecule has 0 saturated carbocycles. The Bertz CT molecular complexity index is 436. The summed E-state index contributed by atoms with van der Waals surface area (Å²) in [5, 5.41) is 0. The highest BCUT2D eigenvalue weighted by molar-refractivity contribution is 5.64. The zero-order chi connectivity index (χ0) is 12.3. The van der Waals surface area contributed by atoms with E-state index in [-0.39, 0.29) is 5.92 Å². The topological polar surface area (TPSA) is 38.4 Å². The molecule has 2 unspecified atom stereocenters. The monoisotopic (exact) mass is 228 g/mol. The Kier molecular flexibility index (Phi) is 3.62. The summed E-state index contributed by atoms with van der Waals surface area (Å²) in [5.74, 6) is 0.783. The van der Waals surface area contributed by atoms with Crippen molar-refractivity contribution in [3.63, 3.8) is 0 Å². The van der Waals surface area contributed by atoms with Gasteiger partial charge in [-0.15, -0.1) is 0 Å². The van der Waals surface area contributed by atoms with Crippen LogP contribution in [0.2, 0.25) is 0 Å². The van der Waals surface area contributed by atoms with Crippen molar-refractivity contribution >= 4 is 6.21 Å². The van der Waals surface area contributed by atoms with E-state index in [2.05, 4.69) is 37.1 Å². The van der Waals surface area contributed by atoms with Gasteiger partial charge in [-0.05, 0) is 24.5 Å². The standard InChI is InChI=1S/C15H20N2/c1-11-9-14(16)7-5-13-4-3-12(2)15(8-6-13)17-10-11/h4-5,7-12H,3,6,16H2,1-2H3/b7-5-,14-9-,17-10-. The van der Waals surface area contributed by atoms with Crippen LogP contribution in [-0.2, 0) is 0 Å². The van der Waals surface area contributed by atoms with Gasteiger partial charge in [-0.2, -0.15) is 0 Å². The molecule has 17 heavy (non-hydrogen) atoms. The number of aliphatic imine (C=N–C) groups is 1. The van der Waals surface area contributed by atoms with Crippen molar-refractivity contribution in [2.75, 3.05) is 0 Å². The molecule has 2 rings (SSSR count). The van der Waals surface area contributed by atoms with Gasteiger partial charge in [0.15, 0.2) is 0 Å². The third kappa shape index (κ3) is 3.19. The molecule has 1 aliphatic carbocycles. The molecule has 0 aromatic rings. The van der Waals surface area contributed by atoms with Crippen molar-refractivity contribution in [1.82, 2.24) is 0 Å². The smallest absolute Gasteiger partial charge is 0.0394 e. The van der Waals surface area contributed by atoms with Gasteiger partial charge in [0.2, 0.25) is 0 Å². The molecule has 2 atom stereocenters. The van der Waals surface area contributed by atoms with Gasteiger partial charge in [-0.1, -0.05) is 38.2 Å². The van der Waals surface area contributed by atoms with Crippen LogP contribution >= 0.6 is 0 Å². The van der Waals surface area contributed by atoms with E-state index in [9.17, 15) is 0 Å². The predicted molar refractivity (Wildman–Crippen MR) is 73.6 cm³/mol. The Morgan fingerprint density at radius 3 is 2.88 bits per heavy atom. The van der Waals surface area contributed by atoms with Crippen molar-refractivity contribution in [3.8, 4) is 0 Å². The van der Waals surface area contributed by atoms with Crippen LogP contribution in [0.25, 0.3) is 0 Å². The van der Waals surface area contributed by atoms with Crippen LogP contribution in [0.15, 0.2) is 52.3 Å². The SMILES string of the molecule is CC1/C=N\C2=CCC(=CCC2C)/C=C\C(N)=C\1. The maximum atomic E-state index is 5.93. The van der Waals surface area contributed by atoms with Crippen molar-refractivity contribution in [2.24, 2.45) is 22.6 Å².